The molecule has 0 bridgehead atoms. The maximum atomic E-state index is 12.5. The van der Waals surface area contributed by atoms with Crippen molar-refractivity contribution < 1.29 is 28.7 Å². The Morgan fingerprint density at radius 1 is 1.22 bits per heavy atom. The van der Waals surface area contributed by atoms with Crippen molar-refractivity contribution in [3.05, 3.63) is 67.0 Å². The summed E-state index contributed by atoms with van der Waals surface area (Å²) in [5, 5.41) is 10.6. The van der Waals surface area contributed by atoms with Gasteiger partial charge in [0, 0.05) is 19.2 Å². The molecule has 32 heavy (non-hydrogen) atoms. The topological polar surface area (TPSA) is 108 Å². The van der Waals surface area contributed by atoms with Crippen LogP contribution in [0.3, 0.4) is 0 Å². The molecule has 1 aliphatic rings. The molecule has 2 aromatic rings. The number of benzene rings is 2. The van der Waals surface area contributed by atoms with Crippen LogP contribution in [0.1, 0.15) is 11.1 Å². The first-order valence-electron chi connectivity index (χ1n) is 9.32. The van der Waals surface area contributed by atoms with E-state index in [4.69, 9.17) is 14.2 Å². The highest BCUT2D eigenvalue weighted by atomic mass is 79.9. The summed E-state index contributed by atoms with van der Waals surface area (Å²) in [6.07, 6.45) is 1.61. The molecule has 1 aliphatic heterocycles. The summed E-state index contributed by atoms with van der Waals surface area (Å²) in [5.74, 6) is 0.428. The zero-order valence-electron chi connectivity index (χ0n) is 17.2. The zero-order valence-corrected chi connectivity index (χ0v) is 19.6. The fourth-order valence-corrected chi connectivity index (χ4v) is 4.34. The highest BCUT2D eigenvalue weighted by molar-refractivity contribution is 9.10. The molecule has 1 heterocycles. The fourth-order valence-electron chi connectivity index (χ4n) is 2.91. The van der Waals surface area contributed by atoms with Crippen LogP contribution in [0.15, 0.2) is 45.8 Å². The Morgan fingerprint density at radius 3 is 2.69 bits per heavy atom. The number of nitro groups is 1. The summed E-state index contributed by atoms with van der Waals surface area (Å²) in [4.78, 5) is 36.5. The quantitative estimate of drug-likeness (QED) is 0.266. The average Bonchev–Trinajstić information content (AvgIpc) is 3.03. The summed E-state index contributed by atoms with van der Waals surface area (Å²) in [6.45, 7) is 0.547. The first-order valence-corrected chi connectivity index (χ1v) is 10.9. The van der Waals surface area contributed by atoms with E-state index in [0.717, 1.165) is 16.7 Å². The van der Waals surface area contributed by atoms with Gasteiger partial charge in [-0.3, -0.25) is 24.6 Å². The molecule has 0 atom stereocenters. The van der Waals surface area contributed by atoms with E-state index in [1.807, 2.05) is 0 Å². The second-order valence-corrected chi connectivity index (χ2v) is 8.42. The van der Waals surface area contributed by atoms with Gasteiger partial charge >= 0.3 is 0 Å². The molecule has 0 aromatic heterocycles. The standard InChI is InChI=1S/C21H19BrN2O7S/c1-29-7-6-23-20(25)18(32-21(23)26)11-14-9-16(22)19(17(10-14)30-2)31-12-13-4-3-5-15(8-13)24(27)28/h3-5,8-11H,6-7,12H2,1-2H3/b18-11+. The van der Waals surface area contributed by atoms with E-state index in [0.29, 0.717) is 32.0 Å². The molecular weight excluding hydrogens is 504 g/mol. The molecule has 1 fully saturated rings. The van der Waals surface area contributed by atoms with Crippen molar-refractivity contribution in [2.24, 2.45) is 0 Å². The Balaban J connectivity index is 1.80. The smallest absolute Gasteiger partial charge is 0.293 e. The first-order chi connectivity index (χ1) is 15.3. The number of nitro benzene ring substituents is 1. The van der Waals surface area contributed by atoms with Crippen molar-refractivity contribution in [2.45, 2.75) is 6.61 Å². The van der Waals surface area contributed by atoms with Gasteiger partial charge in [-0.15, -0.1) is 0 Å². The Morgan fingerprint density at radius 2 is 2.00 bits per heavy atom. The van der Waals surface area contributed by atoms with Crippen LogP contribution in [0.5, 0.6) is 11.5 Å². The van der Waals surface area contributed by atoms with Crippen LogP contribution in [-0.2, 0) is 16.1 Å². The molecule has 0 unspecified atom stereocenters. The number of halogens is 1. The predicted octanol–water partition coefficient (Wildman–Crippen LogP) is 4.63. The van der Waals surface area contributed by atoms with Gasteiger partial charge in [0.25, 0.3) is 16.8 Å². The molecule has 0 N–H and O–H groups in total. The number of nitrogens with zero attached hydrogens (tertiary/aromatic N) is 2. The van der Waals surface area contributed by atoms with E-state index in [-0.39, 0.29) is 36.6 Å². The van der Waals surface area contributed by atoms with E-state index in [9.17, 15) is 19.7 Å². The van der Waals surface area contributed by atoms with E-state index in [1.54, 1.807) is 30.3 Å². The third-order valence-corrected chi connectivity index (χ3v) is 5.94. The Kier molecular flexibility index (Phi) is 7.89. The van der Waals surface area contributed by atoms with Gasteiger partial charge in [0.15, 0.2) is 11.5 Å². The van der Waals surface area contributed by atoms with E-state index < -0.39 is 4.92 Å². The molecular formula is C21H19BrN2O7S. The number of imide groups is 1. The Labute approximate surface area is 196 Å². The SMILES string of the molecule is COCCN1C(=O)S/C(=C/c2cc(Br)c(OCc3cccc([N+](=O)[O-])c3)c(OC)c2)C1=O. The van der Waals surface area contributed by atoms with Crippen LogP contribution in [0, 0.1) is 10.1 Å². The number of thioether (sulfide) groups is 1. The zero-order chi connectivity index (χ0) is 23.3. The highest BCUT2D eigenvalue weighted by Gasteiger charge is 2.34. The molecule has 3 rings (SSSR count). The highest BCUT2D eigenvalue weighted by Crippen LogP contribution is 2.39. The molecule has 2 aromatic carbocycles. The molecule has 0 radical (unpaired) electrons. The summed E-state index contributed by atoms with van der Waals surface area (Å²) >= 11 is 4.31. The van der Waals surface area contributed by atoms with Crippen molar-refractivity contribution in [3.63, 3.8) is 0 Å². The van der Waals surface area contributed by atoms with Crippen LogP contribution in [0.2, 0.25) is 0 Å². The normalized spacial score (nSPS) is 14.8. The maximum Gasteiger partial charge on any atom is 0.293 e. The first kappa shape index (κ1) is 23.8. The van der Waals surface area contributed by atoms with E-state index in [2.05, 4.69) is 15.9 Å². The summed E-state index contributed by atoms with van der Waals surface area (Å²) in [7, 11) is 2.98. The minimum atomic E-state index is -0.466. The van der Waals surface area contributed by atoms with Crippen LogP contribution in [0.25, 0.3) is 6.08 Å². The molecule has 0 saturated carbocycles. The van der Waals surface area contributed by atoms with Gasteiger partial charge in [-0.1, -0.05) is 12.1 Å². The number of ether oxygens (including phenoxy) is 3. The van der Waals surface area contributed by atoms with Crippen molar-refractivity contribution in [1.29, 1.82) is 0 Å². The van der Waals surface area contributed by atoms with Crippen molar-refractivity contribution in [3.8, 4) is 11.5 Å². The molecule has 11 heteroatoms. The van der Waals surface area contributed by atoms with Gasteiger partial charge in [-0.25, -0.2) is 0 Å². The number of hydrogen-bond acceptors (Lipinski definition) is 8. The molecule has 1 saturated heterocycles. The van der Waals surface area contributed by atoms with Gasteiger partial charge in [0.2, 0.25) is 0 Å². The molecule has 0 aliphatic carbocycles. The lowest BCUT2D eigenvalue weighted by atomic mass is 10.1. The summed E-state index contributed by atoms with van der Waals surface area (Å²) < 4.78 is 16.8. The second-order valence-electron chi connectivity index (χ2n) is 6.58. The lowest BCUT2D eigenvalue weighted by Crippen LogP contribution is -2.31. The van der Waals surface area contributed by atoms with Crippen LogP contribution in [-0.4, -0.2) is 48.3 Å². The van der Waals surface area contributed by atoms with Crippen LogP contribution >= 0.6 is 27.7 Å². The summed E-state index contributed by atoms with van der Waals surface area (Å²) in [6, 6.07) is 9.57. The van der Waals surface area contributed by atoms with Gasteiger partial charge < -0.3 is 14.2 Å². The number of rotatable bonds is 9. The van der Waals surface area contributed by atoms with Gasteiger partial charge in [0.05, 0.1) is 34.6 Å². The van der Waals surface area contributed by atoms with E-state index >= 15 is 0 Å². The Bertz CT molecular complexity index is 1090. The number of methoxy groups -OCH3 is 2. The Hall–Kier alpha value is -2.89. The second kappa shape index (κ2) is 10.6. The molecule has 2 amide bonds. The van der Waals surface area contributed by atoms with Crippen LogP contribution < -0.4 is 9.47 Å². The lowest BCUT2D eigenvalue weighted by molar-refractivity contribution is -0.384. The third-order valence-electron chi connectivity index (χ3n) is 4.45. The summed E-state index contributed by atoms with van der Waals surface area (Å²) in [5.41, 5.74) is 1.24. The third kappa shape index (κ3) is 5.47. The average molecular weight is 523 g/mol. The van der Waals surface area contributed by atoms with Crippen LogP contribution in [0.4, 0.5) is 10.5 Å². The number of amides is 2. The molecule has 168 valence electrons. The van der Waals surface area contributed by atoms with E-state index in [1.165, 1.54) is 26.4 Å². The van der Waals surface area contributed by atoms with Gasteiger partial charge in [0.1, 0.15) is 6.61 Å². The van der Waals surface area contributed by atoms with Crippen molar-refractivity contribution >= 4 is 50.6 Å². The molecule has 9 nitrogen and oxygen atoms in total. The lowest BCUT2D eigenvalue weighted by Gasteiger charge is -2.14. The largest absolute Gasteiger partial charge is 0.493 e. The number of non-ortho nitro benzene ring substituents is 1. The monoisotopic (exact) mass is 522 g/mol. The molecule has 0 spiro atoms. The number of carbonyl (C=O) groups excluding carboxylic acids is 2. The fraction of sp³-hybridized carbons (Fsp3) is 0.238. The minimum Gasteiger partial charge on any atom is -0.493 e. The number of hydrogen-bond donors (Lipinski definition) is 0. The van der Waals surface area contributed by atoms with Gasteiger partial charge in [-0.05, 0) is 57.0 Å². The maximum absolute atomic E-state index is 12.5. The number of carbonyl (C=O) groups is 2. The minimum absolute atomic E-state index is 0.0214. The van der Waals surface area contributed by atoms with Crippen molar-refractivity contribution in [1.82, 2.24) is 4.90 Å². The van der Waals surface area contributed by atoms with Crippen molar-refractivity contribution in [2.75, 3.05) is 27.4 Å². The van der Waals surface area contributed by atoms with Gasteiger partial charge in [-0.2, -0.15) is 0 Å². The predicted molar refractivity (Wildman–Crippen MR) is 123 cm³/mol.